The zero-order valence-electron chi connectivity index (χ0n) is 13.5. The van der Waals surface area contributed by atoms with Gasteiger partial charge in [-0.25, -0.2) is 4.79 Å². The Balaban J connectivity index is 2.04. The van der Waals surface area contributed by atoms with E-state index in [9.17, 15) is 14.4 Å². The van der Waals surface area contributed by atoms with Crippen LogP contribution in [0.25, 0.3) is 0 Å². The SMILES string of the molecule is CCNC(=O)c1ccc(NC(=O)c2ccc(C(=O)OC)cc2)cc1. The maximum Gasteiger partial charge on any atom is 0.337 e. The minimum absolute atomic E-state index is 0.159. The van der Waals surface area contributed by atoms with E-state index in [0.29, 0.717) is 28.9 Å². The second-order valence-corrected chi connectivity index (χ2v) is 4.96. The molecule has 6 nitrogen and oxygen atoms in total. The molecular formula is C18H18N2O4. The molecule has 24 heavy (non-hydrogen) atoms. The van der Waals surface area contributed by atoms with Crippen molar-refractivity contribution in [3.63, 3.8) is 0 Å². The number of benzene rings is 2. The Labute approximate surface area is 139 Å². The average Bonchev–Trinajstić information content (AvgIpc) is 2.62. The van der Waals surface area contributed by atoms with Crippen molar-refractivity contribution in [1.82, 2.24) is 5.32 Å². The van der Waals surface area contributed by atoms with Crippen molar-refractivity contribution in [2.45, 2.75) is 6.92 Å². The Morgan fingerprint density at radius 3 is 1.88 bits per heavy atom. The number of nitrogens with one attached hydrogen (secondary N) is 2. The molecule has 0 saturated heterocycles. The number of anilines is 1. The second-order valence-electron chi connectivity index (χ2n) is 4.96. The lowest BCUT2D eigenvalue weighted by molar-refractivity contribution is 0.0600. The third kappa shape index (κ3) is 4.19. The van der Waals surface area contributed by atoms with Gasteiger partial charge in [0, 0.05) is 23.4 Å². The number of carbonyl (C=O) groups excluding carboxylic acids is 3. The highest BCUT2D eigenvalue weighted by Gasteiger charge is 2.10. The van der Waals surface area contributed by atoms with Crippen LogP contribution in [0.4, 0.5) is 5.69 Å². The van der Waals surface area contributed by atoms with E-state index in [1.165, 1.54) is 19.2 Å². The van der Waals surface area contributed by atoms with Gasteiger partial charge in [-0.3, -0.25) is 9.59 Å². The molecule has 2 N–H and O–H groups in total. The summed E-state index contributed by atoms with van der Waals surface area (Å²) in [6.45, 7) is 2.40. The van der Waals surface area contributed by atoms with E-state index in [0.717, 1.165) is 0 Å². The van der Waals surface area contributed by atoms with Crippen LogP contribution < -0.4 is 10.6 Å². The predicted molar refractivity (Wildman–Crippen MR) is 90.2 cm³/mol. The van der Waals surface area contributed by atoms with Crippen LogP contribution in [-0.4, -0.2) is 31.4 Å². The van der Waals surface area contributed by atoms with Gasteiger partial charge in [-0.2, -0.15) is 0 Å². The van der Waals surface area contributed by atoms with E-state index in [-0.39, 0.29) is 11.8 Å². The fraction of sp³-hybridized carbons (Fsp3) is 0.167. The zero-order chi connectivity index (χ0) is 17.5. The summed E-state index contributed by atoms with van der Waals surface area (Å²) in [6.07, 6.45) is 0. The highest BCUT2D eigenvalue weighted by atomic mass is 16.5. The van der Waals surface area contributed by atoms with E-state index in [1.807, 2.05) is 6.92 Å². The molecule has 0 fully saturated rings. The van der Waals surface area contributed by atoms with Gasteiger partial charge in [-0.05, 0) is 55.5 Å². The lowest BCUT2D eigenvalue weighted by Crippen LogP contribution is -2.22. The molecule has 2 aromatic carbocycles. The molecule has 124 valence electrons. The maximum absolute atomic E-state index is 12.2. The molecule has 2 amide bonds. The van der Waals surface area contributed by atoms with Crippen molar-refractivity contribution in [2.24, 2.45) is 0 Å². The van der Waals surface area contributed by atoms with E-state index in [4.69, 9.17) is 0 Å². The van der Waals surface area contributed by atoms with Gasteiger partial charge >= 0.3 is 5.97 Å². The Morgan fingerprint density at radius 2 is 1.33 bits per heavy atom. The van der Waals surface area contributed by atoms with Gasteiger partial charge < -0.3 is 15.4 Å². The van der Waals surface area contributed by atoms with Gasteiger partial charge in [0.25, 0.3) is 11.8 Å². The summed E-state index contributed by atoms with van der Waals surface area (Å²) in [5.74, 6) is -0.922. The summed E-state index contributed by atoms with van der Waals surface area (Å²) in [4.78, 5) is 35.2. The highest BCUT2D eigenvalue weighted by Crippen LogP contribution is 2.12. The van der Waals surface area contributed by atoms with Crippen LogP contribution >= 0.6 is 0 Å². The van der Waals surface area contributed by atoms with Crippen molar-refractivity contribution in [3.05, 3.63) is 65.2 Å². The quantitative estimate of drug-likeness (QED) is 0.827. The summed E-state index contributed by atoms with van der Waals surface area (Å²) >= 11 is 0. The molecule has 0 heterocycles. The van der Waals surface area contributed by atoms with E-state index >= 15 is 0 Å². The van der Waals surface area contributed by atoms with E-state index in [1.54, 1.807) is 36.4 Å². The number of methoxy groups -OCH3 is 1. The van der Waals surface area contributed by atoms with E-state index in [2.05, 4.69) is 15.4 Å². The highest BCUT2D eigenvalue weighted by molar-refractivity contribution is 6.05. The Kier molecular flexibility index (Phi) is 5.68. The summed E-state index contributed by atoms with van der Waals surface area (Å²) in [7, 11) is 1.30. The van der Waals surface area contributed by atoms with Crippen molar-refractivity contribution >= 4 is 23.5 Å². The van der Waals surface area contributed by atoms with Crippen LogP contribution in [0.1, 0.15) is 38.0 Å². The predicted octanol–water partition coefficient (Wildman–Crippen LogP) is 2.48. The largest absolute Gasteiger partial charge is 0.465 e. The fourth-order valence-electron chi connectivity index (χ4n) is 2.05. The topological polar surface area (TPSA) is 84.5 Å². The van der Waals surface area contributed by atoms with Gasteiger partial charge in [0.2, 0.25) is 0 Å². The molecule has 0 aliphatic rings. The molecule has 2 rings (SSSR count). The molecule has 0 aliphatic heterocycles. The number of rotatable bonds is 5. The van der Waals surface area contributed by atoms with Crippen molar-refractivity contribution in [2.75, 3.05) is 19.0 Å². The molecule has 0 spiro atoms. The van der Waals surface area contributed by atoms with Crippen molar-refractivity contribution in [1.29, 1.82) is 0 Å². The maximum atomic E-state index is 12.2. The summed E-state index contributed by atoms with van der Waals surface area (Å²) in [6, 6.07) is 12.7. The van der Waals surface area contributed by atoms with Gasteiger partial charge in [0.05, 0.1) is 12.7 Å². The number of esters is 1. The first-order valence-corrected chi connectivity index (χ1v) is 7.43. The number of amides is 2. The Bertz CT molecular complexity index is 737. The number of hydrogen-bond donors (Lipinski definition) is 2. The molecule has 0 radical (unpaired) electrons. The van der Waals surface area contributed by atoms with Crippen molar-refractivity contribution < 1.29 is 19.1 Å². The zero-order valence-corrected chi connectivity index (χ0v) is 13.5. The number of ether oxygens (including phenoxy) is 1. The van der Waals surface area contributed by atoms with Gasteiger partial charge in [-0.1, -0.05) is 0 Å². The molecule has 0 saturated carbocycles. The molecule has 6 heteroatoms. The standard InChI is InChI=1S/C18H18N2O4/c1-3-19-16(21)12-8-10-15(11-9-12)20-17(22)13-4-6-14(7-5-13)18(23)24-2/h4-11H,3H2,1-2H3,(H,19,21)(H,20,22). The van der Waals surface area contributed by atoms with Crippen LogP contribution in [0, 0.1) is 0 Å². The molecule has 0 unspecified atom stereocenters. The normalized spacial score (nSPS) is 9.92. The number of hydrogen-bond acceptors (Lipinski definition) is 4. The first-order valence-electron chi connectivity index (χ1n) is 7.43. The summed E-state index contributed by atoms with van der Waals surface area (Å²) in [5.41, 5.74) is 1.89. The third-order valence-corrected chi connectivity index (χ3v) is 3.31. The van der Waals surface area contributed by atoms with Crippen LogP contribution in [0.3, 0.4) is 0 Å². The first-order chi connectivity index (χ1) is 11.5. The Morgan fingerprint density at radius 1 is 0.833 bits per heavy atom. The average molecular weight is 326 g/mol. The molecule has 0 bridgehead atoms. The summed E-state index contributed by atoms with van der Waals surface area (Å²) in [5, 5.41) is 5.44. The van der Waals surface area contributed by atoms with Gasteiger partial charge in [-0.15, -0.1) is 0 Å². The van der Waals surface area contributed by atoms with Crippen LogP contribution in [0.5, 0.6) is 0 Å². The lowest BCUT2D eigenvalue weighted by Gasteiger charge is -2.07. The molecule has 0 aliphatic carbocycles. The smallest absolute Gasteiger partial charge is 0.337 e. The van der Waals surface area contributed by atoms with Gasteiger partial charge in [0.15, 0.2) is 0 Å². The Hall–Kier alpha value is -3.15. The molecule has 0 aromatic heterocycles. The van der Waals surface area contributed by atoms with Gasteiger partial charge in [0.1, 0.15) is 0 Å². The van der Waals surface area contributed by atoms with Crippen LogP contribution in [-0.2, 0) is 4.74 Å². The third-order valence-electron chi connectivity index (χ3n) is 3.31. The minimum atomic E-state index is -0.456. The molecule has 2 aromatic rings. The van der Waals surface area contributed by atoms with Crippen molar-refractivity contribution in [3.8, 4) is 0 Å². The first kappa shape index (κ1) is 17.2. The second kappa shape index (κ2) is 7.92. The van der Waals surface area contributed by atoms with E-state index < -0.39 is 5.97 Å². The molecular weight excluding hydrogens is 308 g/mol. The van der Waals surface area contributed by atoms with Crippen LogP contribution in [0.2, 0.25) is 0 Å². The minimum Gasteiger partial charge on any atom is -0.465 e. The van der Waals surface area contributed by atoms with Crippen LogP contribution in [0.15, 0.2) is 48.5 Å². The molecule has 0 atom stereocenters. The lowest BCUT2D eigenvalue weighted by atomic mass is 10.1. The monoisotopic (exact) mass is 326 g/mol. The fourth-order valence-corrected chi connectivity index (χ4v) is 2.05. The number of carbonyl (C=O) groups is 3. The summed E-state index contributed by atoms with van der Waals surface area (Å²) < 4.78 is 4.61.